The minimum absolute atomic E-state index is 0.0742. The Morgan fingerprint density at radius 2 is 1.65 bits per heavy atom. The van der Waals surface area contributed by atoms with E-state index in [4.69, 9.17) is 0 Å². The van der Waals surface area contributed by atoms with Crippen molar-refractivity contribution in [1.29, 1.82) is 0 Å². The van der Waals surface area contributed by atoms with Gasteiger partial charge in [0.15, 0.2) is 0 Å². The lowest BCUT2D eigenvalue weighted by atomic mass is 10.2. The van der Waals surface area contributed by atoms with Crippen molar-refractivity contribution in [3.63, 3.8) is 0 Å². The zero-order valence-corrected chi connectivity index (χ0v) is 9.85. The molecule has 2 nitrogen and oxygen atoms in total. The van der Waals surface area contributed by atoms with Gasteiger partial charge < -0.3 is 10.1 Å². The predicted octanol–water partition coefficient (Wildman–Crippen LogP) is 3.58. The van der Waals surface area contributed by atoms with Crippen molar-refractivity contribution in [3.05, 3.63) is 29.8 Å². The van der Waals surface area contributed by atoms with Crippen molar-refractivity contribution in [2.24, 2.45) is 0 Å². The molecule has 9 heteroatoms. The Bertz CT molecular complexity index is 433. The van der Waals surface area contributed by atoms with Crippen LogP contribution in [0.1, 0.15) is 5.56 Å². The number of halogens is 7. The van der Waals surface area contributed by atoms with E-state index in [1.54, 1.807) is 0 Å². The lowest BCUT2D eigenvalue weighted by molar-refractivity contribution is -0.274. The molecule has 0 saturated heterocycles. The third-order valence-corrected chi connectivity index (χ3v) is 2.19. The molecule has 0 spiro atoms. The van der Waals surface area contributed by atoms with Gasteiger partial charge in [0, 0.05) is 12.1 Å². The topological polar surface area (TPSA) is 21.3 Å². The van der Waals surface area contributed by atoms with Crippen LogP contribution in [0.15, 0.2) is 24.3 Å². The second kappa shape index (κ2) is 6.29. The lowest BCUT2D eigenvalue weighted by Gasteiger charge is -2.17. The highest BCUT2D eigenvalue weighted by Gasteiger charge is 2.40. The van der Waals surface area contributed by atoms with Crippen LogP contribution in [0.2, 0.25) is 0 Å². The normalized spacial score (nSPS) is 12.8. The molecule has 0 aliphatic rings. The van der Waals surface area contributed by atoms with Gasteiger partial charge in [0.05, 0.1) is 6.54 Å². The Hall–Kier alpha value is -1.51. The van der Waals surface area contributed by atoms with E-state index in [1.165, 1.54) is 18.2 Å². The molecular weight excluding hydrogens is 295 g/mol. The number of benzene rings is 1. The van der Waals surface area contributed by atoms with Gasteiger partial charge in [-0.2, -0.15) is 8.78 Å². The van der Waals surface area contributed by atoms with E-state index in [9.17, 15) is 30.7 Å². The van der Waals surface area contributed by atoms with Crippen LogP contribution < -0.4 is 10.1 Å². The highest BCUT2D eigenvalue weighted by molar-refractivity contribution is 5.33. The molecule has 0 heterocycles. The molecule has 0 saturated carbocycles. The van der Waals surface area contributed by atoms with Crippen molar-refractivity contribution < 1.29 is 35.5 Å². The van der Waals surface area contributed by atoms with Crippen LogP contribution in [0, 0.1) is 0 Å². The molecule has 0 bridgehead atoms. The third-order valence-electron chi connectivity index (χ3n) is 2.19. The molecule has 1 N–H and O–H groups in total. The van der Waals surface area contributed by atoms with Gasteiger partial charge in [-0.15, -0.1) is 13.2 Å². The Kier molecular flexibility index (Phi) is 5.21. The van der Waals surface area contributed by atoms with Crippen molar-refractivity contribution in [1.82, 2.24) is 5.32 Å². The maximum atomic E-state index is 12.6. The quantitative estimate of drug-likeness (QED) is 0.811. The Morgan fingerprint density at radius 1 is 1.05 bits per heavy atom. The minimum Gasteiger partial charge on any atom is -0.405 e. The highest BCUT2D eigenvalue weighted by atomic mass is 19.4. The minimum atomic E-state index is -4.93. The lowest BCUT2D eigenvalue weighted by Crippen LogP contribution is -2.38. The molecule has 0 aromatic heterocycles. The second-order valence-corrected chi connectivity index (χ2v) is 3.82. The van der Waals surface area contributed by atoms with Crippen molar-refractivity contribution in [3.8, 4) is 5.75 Å². The van der Waals surface area contributed by atoms with Crippen LogP contribution >= 0.6 is 0 Å². The van der Waals surface area contributed by atoms with Gasteiger partial charge in [-0.25, -0.2) is 8.78 Å². The van der Waals surface area contributed by atoms with Crippen molar-refractivity contribution in [2.75, 3.05) is 6.54 Å². The van der Waals surface area contributed by atoms with Gasteiger partial charge in [-0.1, -0.05) is 18.2 Å². The van der Waals surface area contributed by atoms with E-state index >= 15 is 0 Å². The van der Waals surface area contributed by atoms with Crippen LogP contribution in [0.25, 0.3) is 0 Å². The fraction of sp³-hybridized carbons (Fsp3) is 0.455. The molecule has 1 aromatic rings. The maximum absolute atomic E-state index is 12.6. The molecule has 1 rings (SSSR count). The van der Waals surface area contributed by atoms with Crippen LogP contribution in [0.4, 0.5) is 30.7 Å². The second-order valence-electron chi connectivity index (χ2n) is 3.82. The molecule has 0 radical (unpaired) electrons. The molecule has 0 aliphatic heterocycles. The van der Waals surface area contributed by atoms with Crippen LogP contribution in [-0.4, -0.2) is 25.3 Å². The van der Waals surface area contributed by atoms with Gasteiger partial charge >= 0.3 is 18.7 Å². The highest BCUT2D eigenvalue weighted by Crippen LogP contribution is 2.26. The molecule has 0 fully saturated rings. The fourth-order valence-corrected chi connectivity index (χ4v) is 1.32. The summed E-state index contributed by atoms with van der Waals surface area (Å²) in [6.45, 7) is -1.82. The van der Waals surface area contributed by atoms with E-state index in [0.717, 1.165) is 6.07 Å². The van der Waals surface area contributed by atoms with Crippen LogP contribution in [0.3, 0.4) is 0 Å². The van der Waals surface area contributed by atoms with Gasteiger partial charge in [-0.05, 0) is 6.07 Å². The molecule has 20 heavy (non-hydrogen) atoms. The third kappa shape index (κ3) is 5.24. The Labute approximate surface area is 109 Å². The fourth-order valence-electron chi connectivity index (χ4n) is 1.32. The zero-order valence-electron chi connectivity index (χ0n) is 9.85. The smallest absolute Gasteiger partial charge is 0.405 e. The Morgan fingerprint density at radius 3 is 2.20 bits per heavy atom. The summed E-state index contributed by atoms with van der Waals surface area (Å²) in [6.07, 6.45) is -8.78. The summed E-state index contributed by atoms with van der Waals surface area (Å²) in [6, 6.07) is 4.83. The van der Waals surface area contributed by atoms with E-state index in [2.05, 4.69) is 4.74 Å². The average molecular weight is 305 g/mol. The number of alkyl halides is 7. The van der Waals surface area contributed by atoms with Gasteiger partial charge in [0.1, 0.15) is 5.75 Å². The molecule has 0 unspecified atom stereocenters. The molecular formula is C11H10F7NO. The van der Waals surface area contributed by atoms with Gasteiger partial charge in [0.2, 0.25) is 0 Å². The van der Waals surface area contributed by atoms with E-state index in [-0.39, 0.29) is 5.56 Å². The summed E-state index contributed by atoms with van der Waals surface area (Å²) in [5, 5.41) is 1.97. The first kappa shape index (κ1) is 16.5. The standard InChI is InChI=1S/C11H10F7NO/c12-9(13)10(14,15)6-19-5-7-3-1-2-4-8(7)20-11(16,17)18/h1-4,9,19H,5-6H2. The number of hydrogen-bond acceptors (Lipinski definition) is 2. The number of ether oxygens (including phenoxy) is 1. The summed E-state index contributed by atoms with van der Waals surface area (Å²) >= 11 is 0. The molecule has 0 aliphatic carbocycles. The largest absolute Gasteiger partial charge is 0.573 e. The zero-order chi connectivity index (χ0) is 15.4. The molecule has 0 atom stereocenters. The van der Waals surface area contributed by atoms with Crippen molar-refractivity contribution in [2.45, 2.75) is 25.3 Å². The monoisotopic (exact) mass is 305 g/mol. The number of para-hydroxylation sites is 1. The average Bonchev–Trinajstić information content (AvgIpc) is 2.29. The van der Waals surface area contributed by atoms with E-state index in [1.807, 2.05) is 5.32 Å². The number of hydrogen-bond donors (Lipinski definition) is 1. The maximum Gasteiger partial charge on any atom is 0.573 e. The van der Waals surface area contributed by atoms with Crippen molar-refractivity contribution >= 4 is 0 Å². The number of rotatable bonds is 6. The number of nitrogens with one attached hydrogen (secondary N) is 1. The first-order valence-corrected chi connectivity index (χ1v) is 5.32. The first-order chi connectivity index (χ1) is 9.12. The van der Waals surface area contributed by atoms with Crippen LogP contribution in [-0.2, 0) is 6.54 Å². The predicted molar refractivity (Wildman–Crippen MR) is 55.8 cm³/mol. The summed E-state index contributed by atoms with van der Waals surface area (Å²) in [4.78, 5) is 0. The summed E-state index contributed by atoms with van der Waals surface area (Å²) in [5.41, 5.74) is -0.0742. The molecule has 1 aromatic carbocycles. The van der Waals surface area contributed by atoms with Gasteiger partial charge in [-0.3, -0.25) is 0 Å². The summed E-state index contributed by atoms with van der Waals surface area (Å²) < 4.78 is 88.9. The first-order valence-electron chi connectivity index (χ1n) is 5.32. The van der Waals surface area contributed by atoms with E-state index < -0.39 is 37.5 Å². The Balaban J connectivity index is 2.65. The van der Waals surface area contributed by atoms with Crippen LogP contribution in [0.5, 0.6) is 5.75 Å². The summed E-state index contributed by atoms with van der Waals surface area (Å²) in [7, 11) is 0. The summed E-state index contributed by atoms with van der Waals surface area (Å²) in [5.74, 6) is -4.83. The molecule has 114 valence electrons. The molecule has 0 amide bonds. The van der Waals surface area contributed by atoms with Gasteiger partial charge in [0.25, 0.3) is 0 Å². The SMILES string of the molecule is FC(F)C(F)(F)CNCc1ccccc1OC(F)(F)F. The van der Waals surface area contributed by atoms with E-state index in [0.29, 0.717) is 0 Å².